The lowest BCUT2D eigenvalue weighted by Crippen LogP contribution is -2.38. The van der Waals surface area contributed by atoms with Crippen LogP contribution in [0.15, 0.2) is 174 Å². The molecule has 0 aromatic heterocycles. The molecule has 7 rings (SSSR count). The minimum absolute atomic E-state index is 0.250. The molecule has 6 aliphatic rings. The fraction of sp³-hybridized carbons (Fsp3) is 0.302. The Labute approximate surface area is 270 Å². The van der Waals surface area contributed by atoms with E-state index in [0.717, 1.165) is 44.9 Å². The van der Waals surface area contributed by atoms with Crippen LogP contribution in [-0.2, 0) is 0 Å². The molecule has 0 spiro atoms. The van der Waals surface area contributed by atoms with E-state index in [9.17, 15) is 0 Å². The Morgan fingerprint density at radius 3 is 2.49 bits per heavy atom. The van der Waals surface area contributed by atoms with Gasteiger partial charge < -0.3 is 9.80 Å². The summed E-state index contributed by atoms with van der Waals surface area (Å²) in [4.78, 5) is 5.36. The van der Waals surface area contributed by atoms with Crippen LogP contribution in [0.3, 0.4) is 0 Å². The van der Waals surface area contributed by atoms with E-state index < -0.39 is 0 Å². The van der Waals surface area contributed by atoms with Crippen LogP contribution in [0.25, 0.3) is 0 Å². The molecule has 5 unspecified atom stereocenters. The summed E-state index contributed by atoms with van der Waals surface area (Å²) in [5.41, 5.74) is 9.64. The van der Waals surface area contributed by atoms with Crippen LogP contribution in [-0.4, -0.2) is 27.9 Å². The Balaban J connectivity index is 1.27. The lowest BCUT2D eigenvalue weighted by atomic mass is 9.86. The second kappa shape index (κ2) is 13.4. The molecule has 0 amide bonds. The summed E-state index contributed by atoms with van der Waals surface area (Å²) >= 11 is 0. The van der Waals surface area contributed by atoms with Gasteiger partial charge in [-0.3, -0.25) is 0 Å². The number of nitrogens with zero attached hydrogens (tertiary/aromatic N) is 2. The number of fused-ring (bicyclic) bond motifs is 1. The van der Waals surface area contributed by atoms with E-state index in [1.54, 1.807) is 0 Å². The first-order valence-electron chi connectivity index (χ1n) is 17.0. The van der Waals surface area contributed by atoms with E-state index in [2.05, 4.69) is 150 Å². The van der Waals surface area contributed by atoms with Gasteiger partial charge in [0.2, 0.25) is 0 Å². The van der Waals surface area contributed by atoms with Gasteiger partial charge in [0, 0.05) is 34.5 Å². The van der Waals surface area contributed by atoms with Crippen LogP contribution in [0.2, 0.25) is 0 Å². The van der Waals surface area contributed by atoms with E-state index in [4.69, 9.17) is 6.58 Å². The van der Waals surface area contributed by atoms with Crippen LogP contribution in [0, 0.1) is 5.92 Å². The molecule has 5 atom stereocenters. The van der Waals surface area contributed by atoms with Crippen molar-refractivity contribution in [1.29, 1.82) is 0 Å². The molecule has 2 nitrogen and oxygen atoms in total. The lowest BCUT2D eigenvalue weighted by Gasteiger charge is -2.40. The average molecular weight is 591 g/mol. The molecule has 1 fully saturated rings. The summed E-state index contributed by atoms with van der Waals surface area (Å²) in [6.45, 7) is 6.98. The van der Waals surface area contributed by atoms with E-state index in [0.29, 0.717) is 17.9 Å². The summed E-state index contributed by atoms with van der Waals surface area (Å²) < 4.78 is 0. The summed E-state index contributed by atoms with van der Waals surface area (Å²) in [6, 6.07) is 11.8. The van der Waals surface area contributed by atoms with Crippen molar-refractivity contribution in [1.82, 2.24) is 9.80 Å². The standard InChI is InChI=1S/C43H46N2/c1-3-4-21-40-32(2)43-41(22-14-23-42(43)45(40)37-19-12-7-13-20-37)44(38-28-24-35(25-29-38)33-15-8-5-9-16-33)39-30-26-36(27-31-39)34-17-10-6-11-18-34/h3-12,14-17,19,22,24,26-30,34-35,39-40,42H,2,13,18,20-21,23,25,31H2,1H3/b4-3-. The van der Waals surface area contributed by atoms with Crippen LogP contribution >= 0.6 is 0 Å². The fourth-order valence-electron chi connectivity index (χ4n) is 7.98. The molecular formula is C43H46N2. The fourth-order valence-corrected chi connectivity index (χ4v) is 7.98. The highest BCUT2D eigenvalue weighted by Gasteiger charge is 2.44. The highest BCUT2D eigenvalue weighted by atomic mass is 15.2. The predicted octanol–water partition coefficient (Wildman–Crippen LogP) is 10.3. The number of hydrogen-bond acceptors (Lipinski definition) is 2. The maximum Gasteiger partial charge on any atom is 0.0604 e. The largest absolute Gasteiger partial charge is 0.360 e. The maximum absolute atomic E-state index is 4.85. The van der Waals surface area contributed by atoms with Gasteiger partial charge in [0.1, 0.15) is 0 Å². The zero-order valence-corrected chi connectivity index (χ0v) is 26.6. The zero-order chi connectivity index (χ0) is 30.6. The van der Waals surface area contributed by atoms with E-state index in [-0.39, 0.29) is 12.1 Å². The smallest absolute Gasteiger partial charge is 0.0604 e. The van der Waals surface area contributed by atoms with Crippen molar-refractivity contribution in [3.63, 3.8) is 0 Å². The molecule has 5 aliphatic carbocycles. The summed E-state index contributed by atoms with van der Waals surface area (Å²) in [5, 5.41) is 0. The second-order valence-corrected chi connectivity index (χ2v) is 13.0. The molecule has 45 heavy (non-hydrogen) atoms. The van der Waals surface area contributed by atoms with E-state index in [1.165, 1.54) is 39.4 Å². The molecule has 0 bridgehead atoms. The number of likely N-dealkylation sites (tertiary alicyclic amines) is 1. The highest BCUT2D eigenvalue weighted by Crippen LogP contribution is 2.47. The number of rotatable bonds is 8. The maximum atomic E-state index is 4.85. The minimum atomic E-state index is 0.250. The Bertz CT molecular complexity index is 1630. The van der Waals surface area contributed by atoms with Gasteiger partial charge in [0.15, 0.2) is 0 Å². The molecule has 1 aromatic rings. The van der Waals surface area contributed by atoms with Crippen molar-refractivity contribution in [3.05, 3.63) is 180 Å². The lowest BCUT2D eigenvalue weighted by molar-refractivity contribution is 0.259. The third kappa shape index (κ3) is 5.91. The van der Waals surface area contributed by atoms with Crippen LogP contribution in [0.4, 0.5) is 0 Å². The predicted molar refractivity (Wildman–Crippen MR) is 190 cm³/mol. The Morgan fingerprint density at radius 1 is 0.867 bits per heavy atom. The first kappa shape index (κ1) is 29.4. The SMILES string of the molecule is C=C1C2=C(N(C3=CCC(c4ccccc4)C=C3)C3C=CC(C4C=CC=CC4)=CC3)C=CCC2N(C2=CC=CCC2)C1C/C=C\C. The Kier molecular flexibility index (Phi) is 8.74. The first-order chi connectivity index (χ1) is 22.2. The first-order valence-corrected chi connectivity index (χ1v) is 17.0. The van der Waals surface area contributed by atoms with Gasteiger partial charge in [-0.25, -0.2) is 0 Å². The van der Waals surface area contributed by atoms with Gasteiger partial charge in [-0.05, 0) is 86.8 Å². The molecule has 1 heterocycles. The van der Waals surface area contributed by atoms with E-state index >= 15 is 0 Å². The van der Waals surface area contributed by atoms with Crippen molar-refractivity contribution < 1.29 is 0 Å². The summed E-state index contributed by atoms with van der Waals surface area (Å²) in [6.07, 6.45) is 47.2. The summed E-state index contributed by atoms with van der Waals surface area (Å²) in [5.74, 6) is 0.896. The van der Waals surface area contributed by atoms with Crippen molar-refractivity contribution in [2.75, 3.05) is 0 Å². The average Bonchev–Trinajstić information content (AvgIpc) is 3.40. The second-order valence-electron chi connectivity index (χ2n) is 13.0. The van der Waals surface area contributed by atoms with Gasteiger partial charge >= 0.3 is 0 Å². The third-order valence-electron chi connectivity index (χ3n) is 10.3. The van der Waals surface area contributed by atoms with Crippen molar-refractivity contribution in [2.45, 2.75) is 75.9 Å². The van der Waals surface area contributed by atoms with Crippen molar-refractivity contribution in [3.8, 4) is 0 Å². The van der Waals surface area contributed by atoms with Gasteiger partial charge in [0.25, 0.3) is 0 Å². The number of benzene rings is 1. The zero-order valence-electron chi connectivity index (χ0n) is 26.6. The number of allylic oxidation sites excluding steroid dienone is 15. The minimum Gasteiger partial charge on any atom is -0.360 e. The third-order valence-corrected chi connectivity index (χ3v) is 10.3. The van der Waals surface area contributed by atoms with Crippen LogP contribution < -0.4 is 0 Å². The van der Waals surface area contributed by atoms with Crippen LogP contribution in [0.1, 0.15) is 63.4 Å². The molecule has 0 N–H and O–H groups in total. The van der Waals surface area contributed by atoms with Gasteiger partial charge in [-0.2, -0.15) is 0 Å². The summed E-state index contributed by atoms with van der Waals surface area (Å²) in [7, 11) is 0. The quantitative estimate of drug-likeness (QED) is 0.278. The van der Waals surface area contributed by atoms with Crippen molar-refractivity contribution in [2.24, 2.45) is 5.92 Å². The van der Waals surface area contributed by atoms with Crippen molar-refractivity contribution >= 4 is 0 Å². The molecular weight excluding hydrogens is 544 g/mol. The molecule has 1 saturated heterocycles. The van der Waals surface area contributed by atoms with E-state index in [1.807, 2.05) is 0 Å². The highest BCUT2D eigenvalue weighted by molar-refractivity contribution is 5.55. The number of hydrogen-bond donors (Lipinski definition) is 0. The van der Waals surface area contributed by atoms with Crippen LogP contribution in [0.5, 0.6) is 0 Å². The van der Waals surface area contributed by atoms with Gasteiger partial charge in [-0.15, -0.1) is 0 Å². The molecule has 2 heteroatoms. The van der Waals surface area contributed by atoms with Gasteiger partial charge in [-0.1, -0.05) is 122 Å². The Hall–Kier alpha value is -4.30. The molecule has 1 aromatic carbocycles. The molecule has 0 saturated carbocycles. The normalized spacial score (nSPS) is 28.9. The molecule has 1 aliphatic heterocycles. The van der Waals surface area contributed by atoms with Gasteiger partial charge in [0.05, 0.1) is 18.1 Å². The Morgan fingerprint density at radius 2 is 1.78 bits per heavy atom. The topological polar surface area (TPSA) is 6.48 Å². The molecule has 0 radical (unpaired) electrons. The molecule has 228 valence electrons. The monoisotopic (exact) mass is 590 g/mol.